The second-order valence-electron chi connectivity index (χ2n) is 2.61. The van der Waals surface area contributed by atoms with E-state index in [1.165, 1.54) is 6.07 Å². The number of halogens is 1. The summed E-state index contributed by atoms with van der Waals surface area (Å²) in [5.74, 6) is -0.714. The van der Waals surface area contributed by atoms with Crippen molar-refractivity contribution in [3.8, 4) is 0 Å². The van der Waals surface area contributed by atoms with Gasteiger partial charge in [0, 0.05) is 6.07 Å². The first-order chi connectivity index (χ1) is 6.47. The molecule has 74 valence electrons. The first-order valence-electron chi connectivity index (χ1n) is 3.54. The number of hydrogen-bond donors (Lipinski definition) is 1. The SMILES string of the molecule is O=c1[nH]c2ccc(S(=O)(=O)F)cc2o1. The highest BCUT2D eigenvalue weighted by atomic mass is 32.3. The van der Waals surface area contributed by atoms with Crippen molar-refractivity contribution in [3.05, 3.63) is 28.7 Å². The minimum Gasteiger partial charge on any atom is -0.408 e. The first kappa shape index (κ1) is 8.95. The molecular formula is C7H4FNO4S. The van der Waals surface area contributed by atoms with Crippen molar-refractivity contribution in [2.75, 3.05) is 0 Å². The van der Waals surface area contributed by atoms with Crippen LogP contribution < -0.4 is 5.76 Å². The van der Waals surface area contributed by atoms with Crippen molar-refractivity contribution in [2.24, 2.45) is 0 Å². The van der Waals surface area contributed by atoms with E-state index in [2.05, 4.69) is 9.40 Å². The third kappa shape index (κ3) is 1.41. The van der Waals surface area contributed by atoms with E-state index < -0.39 is 20.9 Å². The Labute approximate surface area is 77.4 Å². The van der Waals surface area contributed by atoms with Gasteiger partial charge in [-0.25, -0.2) is 4.79 Å². The minimum atomic E-state index is -4.76. The molecule has 0 fully saturated rings. The van der Waals surface area contributed by atoms with Crippen molar-refractivity contribution in [1.82, 2.24) is 4.98 Å². The van der Waals surface area contributed by atoms with E-state index in [4.69, 9.17) is 0 Å². The van der Waals surface area contributed by atoms with Crippen LogP contribution in [0.1, 0.15) is 0 Å². The highest BCUT2D eigenvalue weighted by Gasteiger charge is 2.13. The van der Waals surface area contributed by atoms with Crippen LogP contribution in [0.15, 0.2) is 32.3 Å². The van der Waals surface area contributed by atoms with E-state index in [1.54, 1.807) is 0 Å². The number of oxazole rings is 1. The molecule has 0 aliphatic rings. The Kier molecular flexibility index (Phi) is 1.71. The van der Waals surface area contributed by atoms with Crippen LogP contribution in [0.2, 0.25) is 0 Å². The predicted molar refractivity (Wildman–Crippen MR) is 45.1 cm³/mol. The van der Waals surface area contributed by atoms with Crippen LogP contribution in [-0.4, -0.2) is 13.4 Å². The van der Waals surface area contributed by atoms with Gasteiger partial charge >= 0.3 is 16.0 Å². The van der Waals surface area contributed by atoms with Gasteiger partial charge in [0.05, 0.1) is 5.52 Å². The quantitative estimate of drug-likeness (QED) is 0.716. The van der Waals surface area contributed by atoms with Gasteiger partial charge in [-0.3, -0.25) is 4.98 Å². The van der Waals surface area contributed by atoms with Crippen LogP contribution in [0.25, 0.3) is 11.1 Å². The molecule has 0 amide bonds. The van der Waals surface area contributed by atoms with Gasteiger partial charge in [0.25, 0.3) is 0 Å². The summed E-state index contributed by atoms with van der Waals surface area (Å²) in [5.41, 5.74) is 0.330. The maximum Gasteiger partial charge on any atom is 0.417 e. The Hall–Kier alpha value is -1.63. The maximum atomic E-state index is 12.5. The van der Waals surface area contributed by atoms with E-state index in [9.17, 15) is 17.1 Å². The molecule has 0 saturated carbocycles. The van der Waals surface area contributed by atoms with Crippen LogP contribution in [0.3, 0.4) is 0 Å². The Morgan fingerprint density at radius 2 is 2.07 bits per heavy atom. The molecule has 0 bridgehead atoms. The smallest absolute Gasteiger partial charge is 0.408 e. The van der Waals surface area contributed by atoms with Crippen LogP contribution >= 0.6 is 0 Å². The molecule has 0 saturated heterocycles. The largest absolute Gasteiger partial charge is 0.417 e. The molecule has 2 rings (SSSR count). The fourth-order valence-electron chi connectivity index (χ4n) is 1.08. The Morgan fingerprint density at radius 3 is 2.71 bits per heavy atom. The van der Waals surface area contributed by atoms with Crippen molar-refractivity contribution in [2.45, 2.75) is 4.90 Å². The standard InChI is InChI=1S/C7H4FNO4S/c8-14(11,12)4-1-2-5-6(3-4)13-7(10)9-5/h1-3H,(H,9,10). The molecule has 0 aliphatic carbocycles. The lowest BCUT2D eigenvalue weighted by Gasteiger charge is -1.92. The second-order valence-corrected chi connectivity index (χ2v) is 3.96. The molecular weight excluding hydrogens is 213 g/mol. The zero-order valence-corrected chi connectivity index (χ0v) is 7.47. The van der Waals surface area contributed by atoms with Gasteiger partial charge < -0.3 is 4.42 Å². The lowest BCUT2D eigenvalue weighted by atomic mass is 10.3. The molecule has 7 heteroatoms. The summed E-state index contributed by atoms with van der Waals surface area (Å²) < 4.78 is 38.0. The molecule has 1 aromatic carbocycles. The number of benzene rings is 1. The van der Waals surface area contributed by atoms with Crippen LogP contribution in [-0.2, 0) is 10.2 Å². The lowest BCUT2D eigenvalue weighted by molar-refractivity contribution is 0.546. The summed E-state index contributed by atoms with van der Waals surface area (Å²) in [4.78, 5) is 12.4. The van der Waals surface area contributed by atoms with Gasteiger partial charge in [0.15, 0.2) is 5.58 Å². The first-order valence-corrected chi connectivity index (χ1v) is 4.93. The second kappa shape index (κ2) is 2.68. The monoisotopic (exact) mass is 217 g/mol. The Bertz CT molecular complexity index is 639. The maximum absolute atomic E-state index is 12.5. The van der Waals surface area contributed by atoms with Gasteiger partial charge in [-0.2, -0.15) is 8.42 Å². The van der Waals surface area contributed by atoms with Crippen molar-refractivity contribution >= 4 is 21.3 Å². The average Bonchev–Trinajstić information content (AvgIpc) is 2.41. The van der Waals surface area contributed by atoms with Crippen LogP contribution in [0.4, 0.5) is 3.89 Å². The predicted octanol–water partition coefficient (Wildman–Crippen LogP) is 0.779. The van der Waals surface area contributed by atoms with Crippen molar-refractivity contribution in [3.63, 3.8) is 0 Å². The fourth-order valence-corrected chi connectivity index (χ4v) is 1.56. The Morgan fingerprint density at radius 1 is 1.36 bits per heavy atom. The normalized spacial score (nSPS) is 12.1. The van der Waals surface area contributed by atoms with Gasteiger partial charge in [-0.05, 0) is 12.1 Å². The minimum absolute atomic E-state index is 0.00808. The third-order valence-electron chi connectivity index (χ3n) is 1.67. The van der Waals surface area contributed by atoms with E-state index in [1.807, 2.05) is 0 Å². The summed E-state index contributed by atoms with van der Waals surface area (Å²) in [7, 11) is -4.76. The number of aromatic nitrogens is 1. The van der Waals surface area contributed by atoms with Gasteiger partial charge in [-0.1, -0.05) is 0 Å². The number of nitrogens with one attached hydrogen (secondary N) is 1. The fraction of sp³-hybridized carbons (Fsp3) is 0. The Balaban J connectivity index is 2.80. The van der Waals surface area contributed by atoms with Gasteiger partial charge in [0.1, 0.15) is 4.90 Å². The number of fused-ring (bicyclic) bond motifs is 1. The molecule has 0 atom stereocenters. The summed E-state index contributed by atoms with van der Waals surface area (Å²) in [6, 6.07) is 3.25. The number of rotatable bonds is 1. The zero-order chi connectivity index (χ0) is 10.3. The highest BCUT2D eigenvalue weighted by Crippen LogP contribution is 2.17. The molecule has 1 N–H and O–H groups in total. The number of hydrogen-bond acceptors (Lipinski definition) is 4. The molecule has 5 nitrogen and oxygen atoms in total. The number of H-pyrrole nitrogens is 1. The highest BCUT2D eigenvalue weighted by molar-refractivity contribution is 7.86. The molecule has 2 aromatic rings. The van der Waals surface area contributed by atoms with Crippen LogP contribution in [0, 0.1) is 0 Å². The van der Waals surface area contributed by atoms with Gasteiger partial charge in [0.2, 0.25) is 0 Å². The summed E-state index contributed by atoms with van der Waals surface area (Å²) in [6.45, 7) is 0. The zero-order valence-electron chi connectivity index (χ0n) is 6.65. The number of aromatic amines is 1. The van der Waals surface area contributed by atoms with Crippen molar-refractivity contribution in [1.29, 1.82) is 0 Å². The molecule has 0 aliphatic heterocycles. The summed E-state index contributed by atoms with van der Waals surface area (Å²) >= 11 is 0. The molecule has 0 spiro atoms. The lowest BCUT2D eigenvalue weighted by Crippen LogP contribution is -1.92. The topological polar surface area (TPSA) is 80.1 Å². The third-order valence-corrected chi connectivity index (χ3v) is 2.49. The van der Waals surface area contributed by atoms with E-state index in [-0.39, 0.29) is 5.58 Å². The van der Waals surface area contributed by atoms with E-state index in [0.717, 1.165) is 12.1 Å². The summed E-state index contributed by atoms with van der Waals surface area (Å²) in [5, 5.41) is 0. The molecule has 1 aromatic heterocycles. The average molecular weight is 217 g/mol. The molecule has 0 unspecified atom stereocenters. The molecule has 1 heterocycles. The molecule has 0 radical (unpaired) electrons. The van der Waals surface area contributed by atoms with Gasteiger partial charge in [-0.15, -0.1) is 3.89 Å². The summed E-state index contributed by atoms with van der Waals surface area (Å²) in [6.07, 6.45) is 0. The van der Waals surface area contributed by atoms with Crippen LogP contribution in [0.5, 0.6) is 0 Å². The van der Waals surface area contributed by atoms with E-state index in [0.29, 0.717) is 5.52 Å². The molecule has 14 heavy (non-hydrogen) atoms. The van der Waals surface area contributed by atoms with Crippen molar-refractivity contribution < 1.29 is 16.7 Å². The van der Waals surface area contributed by atoms with E-state index >= 15 is 0 Å².